The second-order valence-electron chi connectivity index (χ2n) is 4.22. The summed E-state index contributed by atoms with van der Waals surface area (Å²) in [5.41, 5.74) is 4.54. The molecule has 0 spiro atoms. The highest BCUT2D eigenvalue weighted by Crippen LogP contribution is 2.26. The van der Waals surface area contributed by atoms with Gasteiger partial charge in [0.15, 0.2) is 0 Å². The van der Waals surface area contributed by atoms with Gasteiger partial charge in [0.25, 0.3) is 5.91 Å². The standard InChI is InChI=1S/C14H11I2N3O2/c1-8-2-3-10(7-17-8)14(21)19-18-6-9-4-11(15)13(20)12(16)5-9/h2-7,20H,1H3,(H,19,21)/b18-6-. The van der Waals surface area contributed by atoms with E-state index in [1.165, 1.54) is 12.4 Å². The number of carbonyl (C=O) groups is 1. The predicted molar refractivity (Wildman–Crippen MR) is 97.6 cm³/mol. The maximum absolute atomic E-state index is 11.8. The van der Waals surface area contributed by atoms with Crippen molar-refractivity contribution in [2.75, 3.05) is 0 Å². The van der Waals surface area contributed by atoms with Gasteiger partial charge in [-0.2, -0.15) is 5.10 Å². The van der Waals surface area contributed by atoms with Gasteiger partial charge in [-0.15, -0.1) is 0 Å². The van der Waals surface area contributed by atoms with Crippen LogP contribution < -0.4 is 5.43 Å². The van der Waals surface area contributed by atoms with Crippen LogP contribution in [0.5, 0.6) is 5.75 Å². The zero-order chi connectivity index (χ0) is 15.4. The molecule has 1 aromatic carbocycles. The Bertz CT molecular complexity index is 677. The topological polar surface area (TPSA) is 74.6 Å². The summed E-state index contributed by atoms with van der Waals surface area (Å²) in [4.78, 5) is 15.9. The van der Waals surface area contributed by atoms with Gasteiger partial charge in [-0.3, -0.25) is 9.78 Å². The average Bonchev–Trinajstić information content (AvgIpc) is 2.45. The molecule has 108 valence electrons. The third-order valence-electron chi connectivity index (χ3n) is 2.59. The zero-order valence-corrected chi connectivity index (χ0v) is 15.3. The van der Waals surface area contributed by atoms with Gasteiger partial charge in [0.2, 0.25) is 0 Å². The molecule has 0 bridgehead atoms. The van der Waals surface area contributed by atoms with E-state index in [1.807, 2.05) is 52.1 Å². The highest BCUT2D eigenvalue weighted by atomic mass is 127. The van der Waals surface area contributed by atoms with Gasteiger partial charge in [0.1, 0.15) is 5.75 Å². The molecule has 0 saturated carbocycles. The van der Waals surface area contributed by atoms with Crippen molar-refractivity contribution in [2.24, 2.45) is 5.10 Å². The Hall–Kier alpha value is -1.23. The van der Waals surface area contributed by atoms with Crippen LogP contribution in [-0.4, -0.2) is 22.2 Å². The summed E-state index contributed by atoms with van der Waals surface area (Å²) >= 11 is 4.08. The van der Waals surface area contributed by atoms with Gasteiger partial charge in [0, 0.05) is 11.9 Å². The minimum absolute atomic E-state index is 0.253. The van der Waals surface area contributed by atoms with Crippen LogP contribution in [0.2, 0.25) is 0 Å². The second-order valence-corrected chi connectivity index (χ2v) is 6.54. The fourth-order valence-electron chi connectivity index (χ4n) is 1.49. The Kier molecular flexibility index (Phi) is 5.51. The average molecular weight is 507 g/mol. The number of benzene rings is 1. The number of halogens is 2. The van der Waals surface area contributed by atoms with Crippen molar-refractivity contribution in [2.45, 2.75) is 6.92 Å². The van der Waals surface area contributed by atoms with E-state index in [0.717, 1.165) is 18.4 Å². The van der Waals surface area contributed by atoms with E-state index in [-0.39, 0.29) is 11.7 Å². The summed E-state index contributed by atoms with van der Waals surface area (Å²) in [5.74, 6) is -0.0648. The lowest BCUT2D eigenvalue weighted by Gasteiger charge is -2.02. The number of pyridine rings is 1. The SMILES string of the molecule is Cc1ccc(C(=O)N/N=C\c2cc(I)c(O)c(I)c2)cn1. The number of aryl methyl sites for hydroxylation is 1. The zero-order valence-electron chi connectivity index (χ0n) is 11.0. The summed E-state index contributed by atoms with van der Waals surface area (Å²) in [7, 11) is 0. The monoisotopic (exact) mass is 507 g/mol. The highest BCUT2D eigenvalue weighted by molar-refractivity contribution is 14.1. The summed E-state index contributed by atoms with van der Waals surface area (Å²) in [6.07, 6.45) is 3.04. The maximum atomic E-state index is 11.8. The van der Waals surface area contributed by atoms with E-state index < -0.39 is 0 Å². The van der Waals surface area contributed by atoms with Crippen molar-refractivity contribution in [3.8, 4) is 5.75 Å². The smallest absolute Gasteiger partial charge is 0.272 e. The van der Waals surface area contributed by atoms with Gasteiger partial charge in [-0.25, -0.2) is 5.43 Å². The fraction of sp³-hybridized carbons (Fsp3) is 0.0714. The van der Waals surface area contributed by atoms with E-state index in [0.29, 0.717) is 5.56 Å². The van der Waals surface area contributed by atoms with Crippen molar-refractivity contribution < 1.29 is 9.90 Å². The Labute approximate surface area is 149 Å². The molecule has 0 aliphatic heterocycles. The molecule has 0 saturated heterocycles. The molecule has 0 aliphatic carbocycles. The number of aromatic nitrogens is 1. The lowest BCUT2D eigenvalue weighted by molar-refractivity contribution is 0.0955. The summed E-state index contributed by atoms with van der Waals surface area (Å²) < 4.78 is 1.46. The first-order valence-corrected chi connectivity index (χ1v) is 8.07. The third-order valence-corrected chi connectivity index (χ3v) is 4.24. The normalized spacial score (nSPS) is 10.8. The van der Waals surface area contributed by atoms with Crippen molar-refractivity contribution in [3.63, 3.8) is 0 Å². The van der Waals surface area contributed by atoms with E-state index >= 15 is 0 Å². The Morgan fingerprint density at radius 3 is 2.57 bits per heavy atom. The van der Waals surface area contributed by atoms with Crippen LogP contribution in [0.3, 0.4) is 0 Å². The number of hydrogen-bond donors (Lipinski definition) is 2. The number of nitrogens with one attached hydrogen (secondary N) is 1. The van der Waals surface area contributed by atoms with Gasteiger partial charge in [-0.1, -0.05) is 0 Å². The summed E-state index contributed by atoms with van der Waals surface area (Å²) in [6.45, 7) is 1.86. The summed E-state index contributed by atoms with van der Waals surface area (Å²) in [6, 6.07) is 7.02. The maximum Gasteiger partial charge on any atom is 0.272 e. The number of nitrogens with zero attached hydrogens (tertiary/aromatic N) is 2. The molecule has 1 heterocycles. The second kappa shape index (κ2) is 7.16. The van der Waals surface area contributed by atoms with E-state index in [1.54, 1.807) is 24.3 Å². The Morgan fingerprint density at radius 2 is 2.00 bits per heavy atom. The molecule has 2 rings (SSSR count). The van der Waals surface area contributed by atoms with Gasteiger partial charge >= 0.3 is 0 Å². The molecule has 0 unspecified atom stereocenters. The number of carbonyl (C=O) groups excluding carboxylic acids is 1. The minimum atomic E-state index is -0.318. The quantitative estimate of drug-likeness (QED) is 0.382. The molecule has 0 radical (unpaired) electrons. The molecule has 1 amide bonds. The third kappa shape index (κ3) is 4.37. The van der Waals surface area contributed by atoms with Crippen LogP contribution in [-0.2, 0) is 0 Å². The predicted octanol–water partition coefficient (Wildman–Crippen LogP) is 3.07. The summed E-state index contributed by atoms with van der Waals surface area (Å²) in [5, 5.41) is 13.6. The molecule has 5 nitrogen and oxygen atoms in total. The molecule has 2 N–H and O–H groups in total. The molecule has 0 fully saturated rings. The van der Waals surface area contributed by atoms with Crippen LogP contribution in [0.4, 0.5) is 0 Å². The molecular formula is C14H11I2N3O2. The van der Waals surface area contributed by atoms with Crippen LogP contribution in [0, 0.1) is 14.1 Å². The molecule has 2 aromatic rings. The number of hydrazone groups is 1. The van der Waals surface area contributed by atoms with Gasteiger partial charge < -0.3 is 5.11 Å². The van der Waals surface area contributed by atoms with E-state index in [9.17, 15) is 9.90 Å². The number of amides is 1. The fourth-order valence-corrected chi connectivity index (χ4v) is 3.31. The van der Waals surface area contributed by atoms with Crippen LogP contribution in [0.1, 0.15) is 21.6 Å². The van der Waals surface area contributed by atoms with Crippen LogP contribution in [0.25, 0.3) is 0 Å². The Morgan fingerprint density at radius 1 is 1.33 bits per heavy atom. The number of hydrogen-bond acceptors (Lipinski definition) is 4. The molecule has 21 heavy (non-hydrogen) atoms. The van der Waals surface area contributed by atoms with Crippen molar-refractivity contribution in [1.82, 2.24) is 10.4 Å². The van der Waals surface area contributed by atoms with Crippen molar-refractivity contribution in [1.29, 1.82) is 0 Å². The van der Waals surface area contributed by atoms with Gasteiger partial charge in [0.05, 0.1) is 18.9 Å². The van der Waals surface area contributed by atoms with Gasteiger partial charge in [-0.05, 0) is 81.9 Å². The van der Waals surface area contributed by atoms with E-state index in [2.05, 4.69) is 15.5 Å². The first-order chi connectivity index (χ1) is 9.97. The number of phenols is 1. The van der Waals surface area contributed by atoms with Crippen molar-refractivity contribution >= 4 is 57.3 Å². The molecule has 0 atom stereocenters. The molecule has 1 aromatic heterocycles. The number of phenolic OH excluding ortho intramolecular Hbond substituents is 1. The minimum Gasteiger partial charge on any atom is -0.506 e. The first-order valence-electron chi connectivity index (χ1n) is 5.91. The molecule has 0 aliphatic rings. The lowest BCUT2D eigenvalue weighted by atomic mass is 10.2. The molecule has 7 heteroatoms. The van der Waals surface area contributed by atoms with Crippen LogP contribution in [0.15, 0.2) is 35.6 Å². The Balaban J connectivity index is 2.05. The highest BCUT2D eigenvalue weighted by Gasteiger charge is 2.05. The lowest BCUT2D eigenvalue weighted by Crippen LogP contribution is -2.17. The van der Waals surface area contributed by atoms with E-state index in [4.69, 9.17) is 0 Å². The number of aromatic hydroxyl groups is 1. The number of rotatable bonds is 3. The molecular weight excluding hydrogens is 496 g/mol. The largest absolute Gasteiger partial charge is 0.506 e. The van der Waals surface area contributed by atoms with Crippen molar-refractivity contribution in [3.05, 3.63) is 54.4 Å². The van der Waals surface area contributed by atoms with Crippen LogP contribution >= 0.6 is 45.2 Å². The first kappa shape index (κ1) is 16.1.